The van der Waals surface area contributed by atoms with Crippen LogP contribution in [-0.4, -0.2) is 19.4 Å². The lowest BCUT2D eigenvalue weighted by Gasteiger charge is -2.26. The molecule has 26 heavy (non-hydrogen) atoms. The third-order valence-electron chi connectivity index (χ3n) is 5.49. The second kappa shape index (κ2) is 10.7. The van der Waals surface area contributed by atoms with Crippen LogP contribution in [0, 0.1) is 0 Å². The largest absolute Gasteiger partial charge is 0.229 e. The summed E-state index contributed by atoms with van der Waals surface area (Å²) >= 11 is 5.57. The number of unbranched alkanes of at least 4 members (excludes halogenated alkanes) is 3. The highest BCUT2D eigenvalue weighted by molar-refractivity contribution is 7.92. The molecule has 1 unspecified atom stereocenters. The van der Waals surface area contributed by atoms with Crippen LogP contribution >= 0.6 is 12.6 Å². The van der Waals surface area contributed by atoms with E-state index in [-0.39, 0.29) is 16.4 Å². The standard InChI is InChI=1S/C22H37O2S2/c1-6-8-10-15-22(4,5)20-13-12-19(21(25)17-20)14-16-26(23,24)18(3)11-9-7-2/h12-13,17-18H,6-11,14-16H2,1-5H3. The molecule has 0 heterocycles. The average Bonchev–Trinajstić information content (AvgIpc) is 2.58. The van der Waals surface area contributed by atoms with Crippen molar-refractivity contribution in [2.45, 2.75) is 102 Å². The van der Waals surface area contributed by atoms with Gasteiger partial charge in [-0.05, 0) is 48.8 Å². The minimum absolute atomic E-state index is 0.113. The number of hydrogen-bond donors (Lipinski definition) is 0. The Bertz CT molecular complexity index is 648. The van der Waals surface area contributed by atoms with Gasteiger partial charge in [0.1, 0.15) is 0 Å². The molecule has 0 N–H and O–H groups in total. The second-order valence-corrected chi connectivity index (χ2v) is 11.2. The van der Waals surface area contributed by atoms with Crippen molar-refractivity contribution in [1.29, 1.82) is 0 Å². The van der Waals surface area contributed by atoms with Gasteiger partial charge in [-0.2, -0.15) is 0 Å². The van der Waals surface area contributed by atoms with Gasteiger partial charge in [-0.3, -0.25) is 0 Å². The molecule has 1 rings (SSSR count). The van der Waals surface area contributed by atoms with Crippen LogP contribution in [0.15, 0.2) is 23.1 Å². The average molecular weight is 398 g/mol. The molecule has 0 fully saturated rings. The van der Waals surface area contributed by atoms with Crippen molar-refractivity contribution >= 4 is 22.5 Å². The molecule has 0 bridgehead atoms. The first kappa shape index (κ1) is 23.4. The van der Waals surface area contributed by atoms with E-state index in [9.17, 15) is 8.42 Å². The monoisotopic (exact) mass is 397 g/mol. The fraction of sp³-hybridized carbons (Fsp3) is 0.727. The molecule has 0 aliphatic carbocycles. The zero-order valence-electron chi connectivity index (χ0n) is 17.3. The van der Waals surface area contributed by atoms with E-state index < -0.39 is 9.84 Å². The van der Waals surface area contributed by atoms with Gasteiger partial charge in [0.25, 0.3) is 0 Å². The normalized spacial score (nSPS) is 13.7. The number of sulfone groups is 1. The van der Waals surface area contributed by atoms with Crippen LogP contribution in [0.25, 0.3) is 0 Å². The summed E-state index contributed by atoms with van der Waals surface area (Å²) in [7, 11) is -3.05. The minimum Gasteiger partial charge on any atom is -0.229 e. The molecular weight excluding hydrogens is 360 g/mol. The quantitative estimate of drug-likeness (QED) is 0.371. The van der Waals surface area contributed by atoms with E-state index in [1.165, 1.54) is 24.8 Å². The molecule has 1 aromatic carbocycles. The number of rotatable bonds is 12. The van der Waals surface area contributed by atoms with Gasteiger partial charge in [-0.15, -0.1) is 0 Å². The van der Waals surface area contributed by atoms with Crippen molar-refractivity contribution in [2.24, 2.45) is 0 Å². The third kappa shape index (κ3) is 7.19. The molecule has 1 atom stereocenters. The molecule has 0 saturated heterocycles. The van der Waals surface area contributed by atoms with Crippen molar-refractivity contribution < 1.29 is 8.42 Å². The van der Waals surface area contributed by atoms with Crippen molar-refractivity contribution in [3.8, 4) is 0 Å². The maximum atomic E-state index is 12.5. The summed E-state index contributed by atoms with van der Waals surface area (Å²) in [6.45, 7) is 10.7. The fourth-order valence-corrected chi connectivity index (χ4v) is 5.00. The van der Waals surface area contributed by atoms with E-state index in [2.05, 4.69) is 39.8 Å². The van der Waals surface area contributed by atoms with Crippen LogP contribution in [0.5, 0.6) is 0 Å². The van der Waals surface area contributed by atoms with Crippen LogP contribution in [0.4, 0.5) is 0 Å². The summed E-state index contributed by atoms with van der Waals surface area (Å²) in [5.74, 6) is 0.195. The molecule has 0 amide bonds. The summed E-state index contributed by atoms with van der Waals surface area (Å²) < 4.78 is 24.9. The highest BCUT2D eigenvalue weighted by Crippen LogP contribution is 2.32. The number of benzene rings is 1. The van der Waals surface area contributed by atoms with E-state index in [0.29, 0.717) is 6.42 Å². The van der Waals surface area contributed by atoms with Crippen LogP contribution < -0.4 is 0 Å². The Labute approximate surface area is 167 Å². The molecule has 149 valence electrons. The van der Waals surface area contributed by atoms with E-state index in [1.54, 1.807) is 0 Å². The van der Waals surface area contributed by atoms with Gasteiger partial charge in [-0.25, -0.2) is 8.42 Å². The van der Waals surface area contributed by atoms with Crippen molar-refractivity contribution in [3.05, 3.63) is 29.3 Å². The summed E-state index contributed by atoms with van der Waals surface area (Å²) in [4.78, 5) is 0.808. The van der Waals surface area contributed by atoms with Gasteiger partial charge in [0.2, 0.25) is 0 Å². The SMILES string of the molecule is CCCCCC(C)(C)c1ccc(CCS(=O)(=O)C(C)CCCC)c([S])c1. The Morgan fingerprint density at radius 2 is 1.73 bits per heavy atom. The van der Waals surface area contributed by atoms with Crippen LogP contribution in [0.1, 0.15) is 90.7 Å². The summed E-state index contributed by atoms with van der Waals surface area (Å²) in [5, 5.41) is -0.257. The van der Waals surface area contributed by atoms with E-state index in [1.807, 2.05) is 13.0 Å². The number of hydrogen-bond acceptors (Lipinski definition) is 2. The Morgan fingerprint density at radius 3 is 2.31 bits per heavy atom. The zero-order chi connectivity index (χ0) is 19.8. The highest BCUT2D eigenvalue weighted by atomic mass is 32.2. The highest BCUT2D eigenvalue weighted by Gasteiger charge is 2.23. The van der Waals surface area contributed by atoms with Gasteiger partial charge in [-0.1, -0.05) is 84.6 Å². The lowest BCUT2D eigenvalue weighted by molar-refractivity contribution is 0.449. The summed E-state index contributed by atoms with van der Waals surface area (Å²) in [6, 6.07) is 6.28. The molecule has 2 nitrogen and oxygen atoms in total. The Balaban J connectivity index is 2.76. The second-order valence-electron chi connectivity index (χ2n) is 8.23. The van der Waals surface area contributed by atoms with Gasteiger partial charge < -0.3 is 0 Å². The predicted octanol–water partition coefficient (Wildman–Crippen LogP) is 6.64. The molecule has 0 aromatic heterocycles. The molecule has 0 aliphatic heterocycles. The molecule has 0 saturated carbocycles. The van der Waals surface area contributed by atoms with E-state index in [0.717, 1.165) is 36.1 Å². The van der Waals surface area contributed by atoms with Crippen molar-refractivity contribution in [2.75, 3.05) is 5.75 Å². The van der Waals surface area contributed by atoms with Gasteiger partial charge in [0, 0.05) is 4.90 Å². The van der Waals surface area contributed by atoms with Gasteiger partial charge >= 0.3 is 0 Å². The van der Waals surface area contributed by atoms with Crippen molar-refractivity contribution in [1.82, 2.24) is 0 Å². The Kier molecular flexibility index (Phi) is 9.60. The lowest BCUT2D eigenvalue weighted by Crippen LogP contribution is -2.22. The maximum Gasteiger partial charge on any atom is 0.153 e. The molecule has 0 spiro atoms. The first-order valence-electron chi connectivity index (χ1n) is 10.2. The van der Waals surface area contributed by atoms with Crippen molar-refractivity contribution in [3.63, 3.8) is 0 Å². The fourth-order valence-electron chi connectivity index (χ4n) is 3.27. The first-order valence-corrected chi connectivity index (χ1v) is 12.3. The van der Waals surface area contributed by atoms with E-state index in [4.69, 9.17) is 12.6 Å². The molecular formula is C22H37O2S2. The topological polar surface area (TPSA) is 34.1 Å². The van der Waals surface area contributed by atoms with Crippen LogP contribution in [0.3, 0.4) is 0 Å². The Hall–Kier alpha value is -0.610. The van der Waals surface area contributed by atoms with Gasteiger partial charge in [0.05, 0.1) is 11.0 Å². The maximum absolute atomic E-state index is 12.5. The van der Waals surface area contributed by atoms with Crippen LogP contribution in [-0.2, 0) is 21.7 Å². The minimum atomic E-state index is -3.05. The van der Waals surface area contributed by atoms with E-state index >= 15 is 0 Å². The molecule has 4 heteroatoms. The lowest BCUT2D eigenvalue weighted by atomic mass is 9.79. The molecule has 1 radical (unpaired) electrons. The smallest absolute Gasteiger partial charge is 0.153 e. The summed E-state index contributed by atoms with van der Waals surface area (Å²) in [6.07, 6.45) is 8.14. The van der Waals surface area contributed by atoms with Gasteiger partial charge in [0.15, 0.2) is 9.84 Å². The summed E-state index contributed by atoms with van der Waals surface area (Å²) in [5.41, 5.74) is 2.36. The third-order valence-corrected chi connectivity index (χ3v) is 8.10. The zero-order valence-corrected chi connectivity index (χ0v) is 18.9. The first-order chi connectivity index (χ1) is 12.1. The number of aryl methyl sites for hydroxylation is 1. The molecule has 1 aromatic rings. The predicted molar refractivity (Wildman–Crippen MR) is 116 cm³/mol. The molecule has 0 aliphatic rings. The van der Waals surface area contributed by atoms with Crippen LogP contribution in [0.2, 0.25) is 0 Å². The Morgan fingerprint density at radius 1 is 1.08 bits per heavy atom.